The van der Waals surface area contributed by atoms with E-state index in [0.29, 0.717) is 0 Å². The van der Waals surface area contributed by atoms with Crippen molar-refractivity contribution in [2.45, 2.75) is 18.2 Å². The number of nitrogens with two attached hydrogens (primary N) is 1. The normalized spacial score (nSPS) is 10.4. The molecule has 0 atom stereocenters. The molecule has 5 heteroatoms. The van der Waals surface area contributed by atoms with Gasteiger partial charge in [-0.3, -0.25) is 10.3 Å². The predicted octanol–water partition coefficient (Wildman–Crippen LogP) is 4.76. The van der Waals surface area contributed by atoms with Crippen molar-refractivity contribution in [3.05, 3.63) is 52.5 Å². The van der Waals surface area contributed by atoms with E-state index in [2.05, 4.69) is 35.0 Å². The Bertz CT molecular complexity index is 658. The van der Waals surface area contributed by atoms with E-state index in [1.165, 1.54) is 5.56 Å². The molecule has 0 saturated carbocycles. The van der Waals surface area contributed by atoms with Crippen LogP contribution in [-0.2, 0) is 6.42 Å². The summed E-state index contributed by atoms with van der Waals surface area (Å²) in [5, 5.41) is 7.95. The number of anilines is 2. The van der Waals surface area contributed by atoms with Crippen LogP contribution in [0, 0.1) is 5.41 Å². The van der Waals surface area contributed by atoms with Crippen LogP contribution in [0.2, 0.25) is 0 Å². The molecule has 0 radical (unpaired) electrons. The largest absolute Gasteiger partial charge is 0.369 e. The summed E-state index contributed by atoms with van der Waals surface area (Å²) >= 11 is 5.23. The third kappa shape index (κ3) is 3.60. The van der Waals surface area contributed by atoms with Crippen molar-refractivity contribution in [1.82, 2.24) is 0 Å². The number of rotatable bonds is 4. The lowest BCUT2D eigenvalue weighted by atomic mass is 10.1. The lowest BCUT2D eigenvalue weighted by Crippen LogP contribution is -2.32. The molecular formula is C16H18BrN3S. The number of hydrogen-bond acceptors (Lipinski definition) is 2. The van der Waals surface area contributed by atoms with Crippen LogP contribution >= 0.6 is 27.7 Å². The van der Waals surface area contributed by atoms with Gasteiger partial charge in [-0.05, 0) is 64.5 Å². The molecule has 2 aromatic carbocycles. The van der Waals surface area contributed by atoms with Gasteiger partial charge in [-0.1, -0.05) is 19.1 Å². The van der Waals surface area contributed by atoms with Crippen LogP contribution in [0.3, 0.4) is 0 Å². The van der Waals surface area contributed by atoms with E-state index >= 15 is 0 Å². The van der Waals surface area contributed by atoms with E-state index in [1.807, 2.05) is 36.6 Å². The van der Waals surface area contributed by atoms with E-state index in [1.54, 1.807) is 16.7 Å². The van der Waals surface area contributed by atoms with Crippen LogP contribution in [-0.4, -0.2) is 12.2 Å². The third-order valence-corrected chi connectivity index (χ3v) is 4.61. The van der Waals surface area contributed by atoms with Gasteiger partial charge in [0.1, 0.15) is 0 Å². The summed E-state index contributed by atoms with van der Waals surface area (Å²) in [7, 11) is 0. The van der Waals surface area contributed by atoms with Gasteiger partial charge >= 0.3 is 0 Å². The van der Waals surface area contributed by atoms with Crippen molar-refractivity contribution in [3.63, 3.8) is 0 Å². The molecule has 110 valence electrons. The fourth-order valence-electron chi connectivity index (χ4n) is 2.11. The van der Waals surface area contributed by atoms with Crippen LogP contribution in [0.4, 0.5) is 11.4 Å². The van der Waals surface area contributed by atoms with Crippen molar-refractivity contribution in [3.8, 4) is 0 Å². The Labute approximate surface area is 138 Å². The molecule has 0 spiro atoms. The number of aryl methyl sites for hydroxylation is 1. The molecule has 2 rings (SSSR count). The SMILES string of the molecule is CCc1ccc(Br)c(N(C(=N)N)c2cccc(SC)c2)c1. The zero-order chi connectivity index (χ0) is 15.4. The second-order valence-corrected chi connectivity index (χ2v) is 6.30. The first-order valence-electron chi connectivity index (χ1n) is 6.63. The van der Waals surface area contributed by atoms with Crippen LogP contribution in [0.1, 0.15) is 12.5 Å². The van der Waals surface area contributed by atoms with E-state index in [0.717, 1.165) is 27.2 Å². The summed E-state index contributed by atoms with van der Waals surface area (Å²) in [6.45, 7) is 2.11. The van der Waals surface area contributed by atoms with Gasteiger partial charge in [0.05, 0.1) is 11.4 Å². The second kappa shape index (κ2) is 7.00. The molecule has 0 aliphatic heterocycles. The Hall–Kier alpha value is -1.46. The maximum Gasteiger partial charge on any atom is 0.197 e. The van der Waals surface area contributed by atoms with E-state index in [9.17, 15) is 0 Å². The minimum atomic E-state index is 0.00204. The molecular weight excluding hydrogens is 346 g/mol. The lowest BCUT2D eigenvalue weighted by molar-refractivity contribution is 1.13. The summed E-state index contributed by atoms with van der Waals surface area (Å²) in [6.07, 6.45) is 2.97. The van der Waals surface area contributed by atoms with Crippen molar-refractivity contribution in [1.29, 1.82) is 5.41 Å². The summed E-state index contributed by atoms with van der Waals surface area (Å²) in [4.78, 5) is 2.89. The molecule has 3 nitrogen and oxygen atoms in total. The van der Waals surface area contributed by atoms with Crippen molar-refractivity contribution < 1.29 is 0 Å². The predicted molar refractivity (Wildman–Crippen MR) is 95.8 cm³/mol. The first kappa shape index (κ1) is 15.9. The molecule has 2 aromatic rings. The lowest BCUT2D eigenvalue weighted by Gasteiger charge is -2.25. The Morgan fingerprint density at radius 2 is 2.05 bits per heavy atom. The van der Waals surface area contributed by atoms with E-state index in [4.69, 9.17) is 11.1 Å². The average molecular weight is 364 g/mol. The maximum atomic E-state index is 7.95. The van der Waals surface area contributed by atoms with Crippen molar-refractivity contribution in [2.75, 3.05) is 11.2 Å². The molecule has 0 aliphatic rings. The van der Waals surface area contributed by atoms with Crippen molar-refractivity contribution in [2.24, 2.45) is 5.73 Å². The summed E-state index contributed by atoms with van der Waals surface area (Å²) in [5.41, 5.74) is 8.82. The Morgan fingerprint density at radius 3 is 2.67 bits per heavy atom. The van der Waals surface area contributed by atoms with E-state index < -0.39 is 0 Å². The van der Waals surface area contributed by atoms with Crippen LogP contribution in [0.5, 0.6) is 0 Å². The fourth-order valence-corrected chi connectivity index (χ4v) is 2.98. The number of halogens is 1. The number of nitrogens with zero attached hydrogens (tertiary/aromatic N) is 1. The van der Waals surface area contributed by atoms with Crippen LogP contribution < -0.4 is 10.6 Å². The first-order chi connectivity index (χ1) is 10.1. The quantitative estimate of drug-likeness (QED) is 0.467. The zero-order valence-corrected chi connectivity index (χ0v) is 14.5. The Balaban J connectivity index is 2.55. The maximum absolute atomic E-state index is 7.95. The molecule has 0 unspecified atom stereocenters. The number of benzene rings is 2. The number of nitrogens with one attached hydrogen (secondary N) is 1. The van der Waals surface area contributed by atoms with Gasteiger partial charge in [0.2, 0.25) is 0 Å². The summed E-state index contributed by atoms with van der Waals surface area (Å²) < 4.78 is 0.921. The van der Waals surface area contributed by atoms with Crippen molar-refractivity contribution >= 4 is 45.0 Å². The highest BCUT2D eigenvalue weighted by molar-refractivity contribution is 9.10. The standard InChI is InChI=1S/C16H18BrN3S/c1-3-11-7-8-14(17)15(9-11)20(16(18)19)12-5-4-6-13(10-12)21-2/h4-10H,3H2,1-2H3,(H3,18,19). The minimum absolute atomic E-state index is 0.00204. The van der Waals surface area contributed by atoms with Gasteiger partial charge in [-0.2, -0.15) is 0 Å². The van der Waals surface area contributed by atoms with Crippen LogP contribution in [0.15, 0.2) is 51.8 Å². The third-order valence-electron chi connectivity index (χ3n) is 3.21. The molecule has 3 N–H and O–H groups in total. The molecule has 21 heavy (non-hydrogen) atoms. The highest BCUT2D eigenvalue weighted by Gasteiger charge is 2.16. The highest BCUT2D eigenvalue weighted by atomic mass is 79.9. The van der Waals surface area contributed by atoms with Gasteiger partial charge in [0.25, 0.3) is 0 Å². The summed E-state index contributed by atoms with van der Waals surface area (Å²) in [5.74, 6) is 0.00204. The highest BCUT2D eigenvalue weighted by Crippen LogP contribution is 2.34. The topological polar surface area (TPSA) is 53.1 Å². The molecule has 0 heterocycles. The van der Waals surface area contributed by atoms with E-state index in [-0.39, 0.29) is 5.96 Å². The average Bonchev–Trinajstić information content (AvgIpc) is 2.49. The monoisotopic (exact) mass is 363 g/mol. The Kier molecular flexibility index (Phi) is 5.31. The molecule has 0 aromatic heterocycles. The van der Waals surface area contributed by atoms with Gasteiger partial charge in [-0.15, -0.1) is 11.8 Å². The molecule has 0 aliphatic carbocycles. The van der Waals surface area contributed by atoms with Gasteiger partial charge in [-0.25, -0.2) is 0 Å². The molecule has 0 saturated heterocycles. The number of hydrogen-bond donors (Lipinski definition) is 2. The van der Waals surface area contributed by atoms with Gasteiger partial charge in [0, 0.05) is 9.37 Å². The zero-order valence-electron chi connectivity index (χ0n) is 12.1. The van der Waals surface area contributed by atoms with Gasteiger partial charge in [0.15, 0.2) is 5.96 Å². The smallest absolute Gasteiger partial charge is 0.197 e. The molecule has 0 amide bonds. The Morgan fingerprint density at radius 1 is 1.29 bits per heavy atom. The second-order valence-electron chi connectivity index (χ2n) is 4.56. The number of guanidine groups is 1. The first-order valence-corrected chi connectivity index (χ1v) is 8.65. The molecule has 0 fully saturated rings. The molecule has 0 bridgehead atoms. The van der Waals surface area contributed by atoms with Gasteiger partial charge < -0.3 is 5.73 Å². The fraction of sp³-hybridized carbons (Fsp3) is 0.188. The summed E-state index contributed by atoms with van der Waals surface area (Å²) in [6, 6.07) is 14.2. The van der Waals surface area contributed by atoms with Crippen LogP contribution in [0.25, 0.3) is 0 Å². The minimum Gasteiger partial charge on any atom is -0.369 e. The number of thioether (sulfide) groups is 1.